The molecule has 0 fully saturated rings. The number of nitro benzene ring substituents is 1. The molecule has 106 valence electrons. The van der Waals surface area contributed by atoms with Crippen molar-refractivity contribution in [1.29, 1.82) is 0 Å². The standard InChI is InChI=1S/C12H12N2O6/c1-8(15)7-20-11(16)6-13-12(17)9-3-2-4-10(5-9)14(18)19/h2-5H,6-7H2,1H3,(H,13,17). The lowest BCUT2D eigenvalue weighted by molar-refractivity contribution is -0.384. The van der Waals surface area contributed by atoms with E-state index >= 15 is 0 Å². The highest BCUT2D eigenvalue weighted by Crippen LogP contribution is 2.12. The van der Waals surface area contributed by atoms with Crippen molar-refractivity contribution in [2.24, 2.45) is 0 Å². The van der Waals surface area contributed by atoms with Crippen LogP contribution in [0.15, 0.2) is 24.3 Å². The van der Waals surface area contributed by atoms with E-state index < -0.39 is 23.3 Å². The van der Waals surface area contributed by atoms with Crippen molar-refractivity contribution in [2.45, 2.75) is 6.92 Å². The van der Waals surface area contributed by atoms with E-state index in [9.17, 15) is 24.5 Å². The van der Waals surface area contributed by atoms with Crippen molar-refractivity contribution in [2.75, 3.05) is 13.2 Å². The highest BCUT2D eigenvalue weighted by Gasteiger charge is 2.13. The van der Waals surface area contributed by atoms with E-state index in [1.807, 2.05) is 0 Å². The Morgan fingerprint density at radius 3 is 2.65 bits per heavy atom. The maximum Gasteiger partial charge on any atom is 0.325 e. The molecule has 0 bridgehead atoms. The minimum Gasteiger partial charge on any atom is -0.456 e. The zero-order valence-corrected chi connectivity index (χ0v) is 10.6. The number of ether oxygens (including phenoxy) is 1. The van der Waals surface area contributed by atoms with E-state index in [2.05, 4.69) is 10.1 Å². The first-order valence-electron chi connectivity index (χ1n) is 5.58. The van der Waals surface area contributed by atoms with Gasteiger partial charge < -0.3 is 10.1 Å². The van der Waals surface area contributed by atoms with E-state index in [1.165, 1.54) is 25.1 Å². The van der Waals surface area contributed by atoms with Crippen molar-refractivity contribution in [1.82, 2.24) is 5.32 Å². The number of nitro groups is 1. The number of carbonyl (C=O) groups excluding carboxylic acids is 3. The van der Waals surface area contributed by atoms with Gasteiger partial charge in [-0.15, -0.1) is 0 Å². The number of rotatable bonds is 6. The molecule has 0 aliphatic rings. The van der Waals surface area contributed by atoms with Crippen LogP contribution in [-0.4, -0.2) is 35.7 Å². The summed E-state index contributed by atoms with van der Waals surface area (Å²) in [5.41, 5.74) is -0.171. The minimum absolute atomic E-state index is 0.0542. The fraction of sp³-hybridized carbons (Fsp3) is 0.250. The lowest BCUT2D eigenvalue weighted by Crippen LogP contribution is -2.31. The second kappa shape index (κ2) is 6.98. The number of amides is 1. The number of nitrogens with zero attached hydrogens (tertiary/aromatic N) is 1. The van der Waals surface area contributed by atoms with Gasteiger partial charge in [0.2, 0.25) is 0 Å². The van der Waals surface area contributed by atoms with Crippen LogP contribution in [-0.2, 0) is 14.3 Å². The Bertz CT molecular complexity index is 555. The predicted molar refractivity (Wildman–Crippen MR) is 67.1 cm³/mol. The lowest BCUT2D eigenvalue weighted by atomic mass is 10.2. The summed E-state index contributed by atoms with van der Waals surface area (Å²) in [6, 6.07) is 5.08. The van der Waals surface area contributed by atoms with E-state index in [1.54, 1.807) is 0 Å². The summed E-state index contributed by atoms with van der Waals surface area (Å²) in [5, 5.41) is 12.8. The summed E-state index contributed by atoms with van der Waals surface area (Å²) in [6.07, 6.45) is 0. The molecule has 1 amide bonds. The third-order valence-corrected chi connectivity index (χ3v) is 2.15. The van der Waals surface area contributed by atoms with Gasteiger partial charge in [0, 0.05) is 17.7 Å². The van der Waals surface area contributed by atoms with Crippen LogP contribution in [0.3, 0.4) is 0 Å². The quantitative estimate of drug-likeness (QED) is 0.459. The summed E-state index contributed by atoms with van der Waals surface area (Å²) in [4.78, 5) is 43.3. The Kier molecular flexibility index (Phi) is 5.33. The highest BCUT2D eigenvalue weighted by atomic mass is 16.6. The van der Waals surface area contributed by atoms with E-state index in [0.29, 0.717) is 0 Å². The predicted octanol–water partition coefficient (Wildman–Crippen LogP) is 0.457. The van der Waals surface area contributed by atoms with Crippen LogP contribution in [0.1, 0.15) is 17.3 Å². The Morgan fingerprint density at radius 2 is 2.05 bits per heavy atom. The molecule has 0 heterocycles. The molecule has 0 unspecified atom stereocenters. The number of benzene rings is 1. The number of nitrogens with one attached hydrogen (secondary N) is 1. The number of non-ortho nitro benzene ring substituents is 1. The zero-order chi connectivity index (χ0) is 15.1. The number of carbonyl (C=O) groups is 3. The van der Waals surface area contributed by atoms with Crippen molar-refractivity contribution in [3.8, 4) is 0 Å². The number of ketones is 1. The molecule has 1 rings (SSSR count). The highest BCUT2D eigenvalue weighted by molar-refractivity contribution is 5.96. The fourth-order valence-corrected chi connectivity index (χ4v) is 1.25. The summed E-state index contributed by atoms with van der Waals surface area (Å²) < 4.78 is 4.54. The average molecular weight is 280 g/mol. The van der Waals surface area contributed by atoms with Gasteiger partial charge in [-0.1, -0.05) is 6.07 Å². The molecule has 0 radical (unpaired) electrons. The van der Waals surface area contributed by atoms with Crippen molar-refractivity contribution >= 4 is 23.3 Å². The van der Waals surface area contributed by atoms with Gasteiger partial charge in [-0.2, -0.15) is 0 Å². The van der Waals surface area contributed by atoms with Gasteiger partial charge in [-0.05, 0) is 13.0 Å². The van der Waals surface area contributed by atoms with Crippen molar-refractivity contribution < 1.29 is 24.0 Å². The van der Waals surface area contributed by atoms with Crippen LogP contribution in [0, 0.1) is 10.1 Å². The molecule has 20 heavy (non-hydrogen) atoms. The van der Waals surface area contributed by atoms with Crippen LogP contribution in [0.25, 0.3) is 0 Å². The SMILES string of the molecule is CC(=O)COC(=O)CNC(=O)c1cccc([N+](=O)[O-])c1. The van der Waals surface area contributed by atoms with Crippen LogP contribution < -0.4 is 5.32 Å². The lowest BCUT2D eigenvalue weighted by Gasteiger charge is -2.05. The fourth-order valence-electron chi connectivity index (χ4n) is 1.25. The summed E-state index contributed by atoms with van der Waals surface area (Å²) in [6.45, 7) is 0.481. The first kappa shape index (κ1) is 15.3. The van der Waals surface area contributed by atoms with Gasteiger partial charge >= 0.3 is 5.97 Å². The number of hydrogen-bond donors (Lipinski definition) is 1. The largest absolute Gasteiger partial charge is 0.456 e. The van der Waals surface area contributed by atoms with Crippen LogP contribution in [0.4, 0.5) is 5.69 Å². The molecule has 1 N–H and O–H groups in total. The molecular formula is C12H12N2O6. The monoisotopic (exact) mass is 280 g/mol. The molecule has 8 nitrogen and oxygen atoms in total. The van der Waals surface area contributed by atoms with Gasteiger partial charge in [0.15, 0.2) is 5.78 Å². The Hall–Kier alpha value is -2.77. The third-order valence-electron chi connectivity index (χ3n) is 2.15. The van der Waals surface area contributed by atoms with Gasteiger partial charge in [-0.3, -0.25) is 24.5 Å². The van der Waals surface area contributed by atoms with Crippen molar-refractivity contribution in [3.63, 3.8) is 0 Å². The molecule has 1 aromatic carbocycles. The average Bonchev–Trinajstić information content (AvgIpc) is 2.42. The van der Waals surface area contributed by atoms with Crippen LogP contribution in [0.2, 0.25) is 0 Å². The molecule has 0 aliphatic carbocycles. The van der Waals surface area contributed by atoms with Gasteiger partial charge in [0.25, 0.3) is 11.6 Å². The first-order valence-corrected chi connectivity index (χ1v) is 5.58. The first-order chi connectivity index (χ1) is 9.40. The number of hydrogen-bond acceptors (Lipinski definition) is 6. The normalized spacial score (nSPS) is 9.65. The summed E-state index contributed by atoms with van der Waals surface area (Å²) in [7, 11) is 0. The third kappa shape index (κ3) is 4.84. The summed E-state index contributed by atoms with van der Waals surface area (Å²) in [5.74, 6) is -1.73. The molecule has 0 aromatic heterocycles. The molecule has 0 saturated heterocycles. The minimum atomic E-state index is -0.765. The molecular weight excluding hydrogens is 268 g/mol. The Labute approximate surface area is 113 Å². The molecule has 0 atom stereocenters. The summed E-state index contributed by atoms with van der Waals surface area (Å²) >= 11 is 0. The number of esters is 1. The molecule has 0 spiro atoms. The van der Waals surface area contributed by atoms with E-state index in [4.69, 9.17) is 0 Å². The Morgan fingerprint density at radius 1 is 1.35 bits per heavy atom. The van der Waals surface area contributed by atoms with Crippen molar-refractivity contribution in [3.05, 3.63) is 39.9 Å². The molecule has 8 heteroatoms. The second-order valence-electron chi connectivity index (χ2n) is 3.85. The molecule has 0 saturated carbocycles. The van der Waals surface area contributed by atoms with Crippen LogP contribution in [0.5, 0.6) is 0 Å². The zero-order valence-electron chi connectivity index (χ0n) is 10.6. The van der Waals surface area contributed by atoms with Gasteiger partial charge in [0.05, 0.1) is 4.92 Å². The second-order valence-corrected chi connectivity index (χ2v) is 3.85. The van der Waals surface area contributed by atoms with Gasteiger partial charge in [-0.25, -0.2) is 0 Å². The van der Waals surface area contributed by atoms with E-state index in [-0.39, 0.29) is 23.6 Å². The topological polar surface area (TPSA) is 116 Å². The van der Waals surface area contributed by atoms with Crippen LogP contribution >= 0.6 is 0 Å². The Balaban J connectivity index is 2.54. The maximum atomic E-state index is 11.7. The molecule has 0 aliphatic heterocycles. The van der Waals surface area contributed by atoms with E-state index in [0.717, 1.165) is 6.07 Å². The maximum absolute atomic E-state index is 11.7. The smallest absolute Gasteiger partial charge is 0.325 e. The molecule has 1 aromatic rings. The van der Waals surface area contributed by atoms with Gasteiger partial charge in [0.1, 0.15) is 13.2 Å². The number of Topliss-reactive ketones (excluding diaryl/α,β-unsaturated/α-hetero) is 1.